The van der Waals surface area contributed by atoms with E-state index in [9.17, 15) is 22.0 Å². The molecular weight excluding hydrogens is 266 g/mol. The second-order valence-electron chi connectivity index (χ2n) is 3.58. The summed E-state index contributed by atoms with van der Waals surface area (Å²) in [5.74, 6) is -2.49. The van der Waals surface area contributed by atoms with Gasteiger partial charge in [0.1, 0.15) is 18.0 Å². The molecule has 0 unspecified atom stereocenters. The number of hydrogen-bond acceptors (Lipinski definition) is 3. The Hall–Kier alpha value is -1.83. The van der Waals surface area contributed by atoms with Gasteiger partial charge in [0.05, 0.1) is 10.5 Å². The fraction of sp³-hybridized carbons (Fsp3) is 0.200. The van der Waals surface area contributed by atoms with Gasteiger partial charge in [-0.05, 0) is 12.1 Å². The zero-order valence-corrected chi connectivity index (χ0v) is 10.4. The van der Waals surface area contributed by atoms with Gasteiger partial charge in [-0.15, -0.1) is 4.40 Å². The molecule has 5 nitrogen and oxygen atoms in total. The molecular formula is C10H10F2N2O3S. The molecule has 0 radical (unpaired) electrons. The maximum atomic E-state index is 13.2. The van der Waals surface area contributed by atoms with Crippen molar-refractivity contribution >= 4 is 22.6 Å². The highest BCUT2D eigenvalue weighted by Gasteiger charge is 2.18. The maximum Gasteiger partial charge on any atom is 0.283 e. The van der Waals surface area contributed by atoms with E-state index < -0.39 is 32.1 Å². The molecule has 1 aromatic rings. The van der Waals surface area contributed by atoms with E-state index in [1.165, 1.54) is 19.0 Å². The second-order valence-corrected chi connectivity index (χ2v) is 5.21. The molecule has 0 aromatic heterocycles. The van der Waals surface area contributed by atoms with E-state index in [4.69, 9.17) is 0 Å². The van der Waals surface area contributed by atoms with Crippen molar-refractivity contribution in [1.82, 2.24) is 4.90 Å². The third-order valence-electron chi connectivity index (χ3n) is 1.89. The summed E-state index contributed by atoms with van der Waals surface area (Å²) in [7, 11) is -1.12. The first-order valence-corrected chi connectivity index (χ1v) is 6.13. The van der Waals surface area contributed by atoms with Crippen LogP contribution in [0.1, 0.15) is 10.4 Å². The number of carbonyl (C=O) groups excluding carboxylic acids is 1. The van der Waals surface area contributed by atoms with Gasteiger partial charge in [0, 0.05) is 14.1 Å². The van der Waals surface area contributed by atoms with Crippen LogP contribution in [-0.2, 0) is 10.0 Å². The van der Waals surface area contributed by atoms with Crippen LogP contribution in [0.4, 0.5) is 8.78 Å². The van der Waals surface area contributed by atoms with E-state index in [1.54, 1.807) is 0 Å². The normalized spacial score (nSPS) is 11.8. The van der Waals surface area contributed by atoms with Crippen LogP contribution in [0, 0.1) is 11.6 Å². The number of halogens is 2. The zero-order valence-electron chi connectivity index (χ0n) is 9.59. The fourth-order valence-electron chi connectivity index (χ4n) is 1.04. The Morgan fingerprint density at radius 3 is 2.11 bits per heavy atom. The van der Waals surface area contributed by atoms with E-state index in [0.29, 0.717) is 12.1 Å². The summed E-state index contributed by atoms with van der Waals surface area (Å²) in [6.45, 7) is 0. The number of benzene rings is 1. The molecule has 0 saturated heterocycles. The van der Waals surface area contributed by atoms with E-state index in [0.717, 1.165) is 6.34 Å². The lowest BCUT2D eigenvalue weighted by Gasteiger charge is -2.04. The molecule has 0 amide bonds. The van der Waals surface area contributed by atoms with Crippen LogP contribution >= 0.6 is 0 Å². The highest BCUT2D eigenvalue weighted by molar-refractivity contribution is 7.90. The average molecular weight is 276 g/mol. The van der Waals surface area contributed by atoms with Gasteiger partial charge in [0.2, 0.25) is 0 Å². The number of aldehydes is 1. The standard InChI is InChI=1S/C10H10F2N2O3S/c1-14(2)6-13-18(16,17)7-3-9(11)8(5-15)10(12)4-7/h3-6H,1-2H3/b13-6+. The average Bonchev–Trinajstić information content (AvgIpc) is 2.26. The lowest BCUT2D eigenvalue weighted by Crippen LogP contribution is -2.10. The number of carbonyl (C=O) groups is 1. The van der Waals surface area contributed by atoms with Crippen LogP contribution in [0.25, 0.3) is 0 Å². The smallest absolute Gasteiger partial charge is 0.283 e. The molecule has 18 heavy (non-hydrogen) atoms. The van der Waals surface area contributed by atoms with Gasteiger partial charge in [0.25, 0.3) is 10.0 Å². The van der Waals surface area contributed by atoms with Crippen LogP contribution in [0.15, 0.2) is 21.4 Å². The Morgan fingerprint density at radius 1 is 1.22 bits per heavy atom. The van der Waals surface area contributed by atoms with Crippen LogP contribution in [0.3, 0.4) is 0 Å². The van der Waals surface area contributed by atoms with Crippen LogP contribution in [-0.4, -0.2) is 40.0 Å². The molecule has 0 heterocycles. The largest absolute Gasteiger partial charge is 0.368 e. The van der Waals surface area contributed by atoms with Crippen LogP contribution in [0.2, 0.25) is 0 Å². The molecule has 98 valence electrons. The van der Waals surface area contributed by atoms with Gasteiger partial charge in [-0.25, -0.2) is 8.78 Å². The van der Waals surface area contributed by atoms with Crippen molar-refractivity contribution in [3.63, 3.8) is 0 Å². The number of rotatable bonds is 4. The highest BCUT2D eigenvalue weighted by Crippen LogP contribution is 2.19. The number of hydrogen-bond donors (Lipinski definition) is 0. The summed E-state index contributed by atoms with van der Waals surface area (Å²) in [5, 5.41) is 0. The summed E-state index contributed by atoms with van der Waals surface area (Å²) in [6.07, 6.45) is 0.961. The maximum absolute atomic E-state index is 13.2. The molecule has 0 N–H and O–H groups in total. The SMILES string of the molecule is CN(C)/C=N/S(=O)(=O)c1cc(F)c(C=O)c(F)c1. The molecule has 8 heteroatoms. The van der Waals surface area contributed by atoms with Crippen molar-refractivity contribution in [3.8, 4) is 0 Å². The molecule has 0 fully saturated rings. The Balaban J connectivity index is 3.31. The monoisotopic (exact) mass is 276 g/mol. The third kappa shape index (κ3) is 3.10. The quantitative estimate of drug-likeness (QED) is 0.468. The molecule has 0 atom stereocenters. The van der Waals surface area contributed by atoms with Crippen molar-refractivity contribution in [3.05, 3.63) is 29.3 Å². The first-order chi connectivity index (χ1) is 8.27. The van der Waals surface area contributed by atoms with E-state index in [2.05, 4.69) is 4.40 Å². The van der Waals surface area contributed by atoms with Gasteiger partial charge in [-0.2, -0.15) is 8.42 Å². The minimum atomic E-state index is -4.19. The molecule has 0 aliphatic carbocycles. The Labute approximate surface area is 103 Å². The Bertz CT molecular complexity index is 574. The molecule has 0 saturated carbocycles. The van der Waals surface area contributed by atoms with E-state index in [1.807, 2.05) is 0 Å². The molecule has 0 aliphatic rings. The van der Waals surface area contributed by atoms with Crippen molar-refractivity contribution in [2.45, 2.75) is 4.90 Å². The molecule has 0 bridgehead atoms. The van der Waals surface area contributed by atoms with Gasteiger partial charge >= 0.3 is 0 Å². The zero-order chi connectivity index (χ0) is 13.9. The van der Waals surface area contributed by atoms with Crippen molar-refractivity contribution in [1.29, 1.82) is 0 Å². The third-order valence-corrected chi connectivity index (χ3v) is 3.09. The number of nitrogens with zero attached hydrogens (tertiary/aromatic N) is 2. The first-order valence-electron chi connectivity index (χ1n) is 4.69. The van der Waals surface area contributed by atoms with Crippen molar-refractivity contribution in [2.75, 3.05) is 14.1 Å². The first kappa shape index (κ1) is 14.2. The van der Waals surface area contributed by atoms with Gasteiger partial charge in [0.15, 0.2) is 6.29 Å². The lowest BCUT2D eigenvalue weighted by atomic mass is 10.2. The predicted octanol–water partition coefficient (Wildman–Crippen LogP) is 1.06. The number of sulfonamides is 1. The summed E-state index contributed by atoms with van der Waals surface area (Å²) in [4.78, 5) is 11.1. The minimum Gasteiger partial charge on any atom is -0.368 e. The fourth-order valence-corrected chi connectivity index (χ4v) is 1.98. The second kappa shape index (κ2) is 5.21. The summed E-state index contributed by atoms with van der Waals surface area (Å²) < 4.78 is 52.9. The highest BCUT2D eigenvalue weighted by atomic mass is 32.2. The van der Waals surface area contributed by atoms with Crippen molar-refractivity contribution < 1.29 is 22.0 Å². The van der Waals surface area contributed by atoms with Gasteiger partial charge in [-0.1, -0.05) is 0 Å². The Morgan fingerprint density at radius 2 is 1.72 bits per heavy atom. The Kier molecular flexibility index (Phi) is 4.12. The summed E-state index contributed by atoms with van der Waals surface area (Å²) in [5.41, 5.74) is -0.814. The molecule has 0 aliphatic heterocycles. The summed E-state index contributed by atoms with van der Waals surface area (Å²) in [6, 6.07) is 1.10. The molecule has 0 spiro atoms. The van der Waals surface area contributed by atoms with Gasteiger partial charge in [-0.3, -0.25) is 4.79 Å². The van der Waals surface area contributed by atoms with E-state index >= 15 is 0 Å². The lowest BCUT2D eigenvalue weighted by molar-refractivity contribution is 0.111. The van der Waals surface area contributed by atoms with Crippen molar-refractivity contribution in [2.24, 2.45) is 4.40 Å². The summed E-state index contributed by atoms with van der Waals surface area (Å²) >= 11 is 0. The minimum absolute atomic E-state index is 0.0237. The molecule has 1 rings (SSSR count). The van der Waals surface area contributed by atoms with Crippen LogP contribution < -0.4 is 0 Å². The van der Waals surface area contributed by atoms with E-state index in [-0.39, 0.29) is 6.29 Å². The topological polar surface area (TPSA) is 66.8 Å². The molecule has 1 aromatic carbocycles. The van der Waals surface area contributed by atoms with Crippen LogP contribution in [0.5, 0.6) is 0 Å². The van der Waals surface area contributed by atoms with Gasteiger partial charge < -0.3 is 4.90 Å². The predicted molar refractivity (Wildman–Crippen MR) is 61.1 cm³/mol.